The normalized spacial score (nSPS) is 17.8. The minimum Gasteiger partial charge on any atom is -0.354 e. The molecular formula is C14H22N2O2. The molecule has 4 nitrogen and oxygen atoms in total. The van der Waals surface area contributed by atoms with Crippen LogP contribution in [0.3, 0.4) is 0 Å². The molecule has 0 aliphatic heterocycles. The first-order valence-electron chi connectivity index (χ1n) is 6.41. The summed E-state index contributed by atoms with van der Waals surface area (Å²) in [6.07, 6.45) is 3.60. The van der Waals surface area contributed by atoms with Crippen molar-refractivity contribution in [1.29, 1.82) is 0 Å². The molecule has 100 valence electrons. The van der Waals surface area contributed by atoms with Gasteiger partial charge >= 0.3 is 0 Å². The number of benzene rings is 1. The largest absolute Gasteiger partial charge is 0.354 e. The third-order valence-electron chi connectivity index (χ3n) is 3.79. The average Bonchev–Trinajstić information content (AvgIpc) is 2.35. The Hall–Kier alpha value is -0.940. The van der Waals surface area contributed by atoms with Crippen LogP contribution in [0.5, 0.6) is 0 Å². The summed E-state index contributed by atoms with van der Waals surface area (Å²) in [7, 11) is 3.22. The molecule has 1 atom stereocenters. The van der Waals surface area contributed by atoms with E-state index in [0.29, 0.717) is 0 Å². The SMILES string of the molecule is COC(OC)C(NN)c1ccc(C2CCC2)cc1. The smallest absolute Gasteiger partial charge is 0.177 e. The molecule has 4 heteroatoms. The minimum absolute atomic E-state index is 0.157. The van der Waals surface area contributed by atoms with Crippen molar-refractivity contribution >= 4 is 0 Å². The van der Waals surface area contributed by atoms with Gasteiger partial charge in [0.05, 0.1) is 6.04 Å². The molecule has 1 saturated carbocycles. The van der Waals surface area contributed by atoms with Crippen molar-refractivity contribution in [3.8, 4) is 0 Å². The first kappa shape index (κ1) is 13.5. The molecule has 0 bridgehead atoms. The highest BCUT2D eigenvalue weighted by Crippen LogP contribution is 2.36. The topological polar surface area (TPSA) is 56.5 Å². The molecule has 0 aromatic heterocycles. The summed E-state index contributed by atoms with van der Waals surface area (Å²) in [4.78, 5) is 0. The Kier molecular flexibility index (Phi) is 4.72. The molecule has 0 spiro atoms. The van der Waals surface area contributed by atoms with Gasteiger partial charge in [0.15, 0.2) is 6.29 Å². The number of methoxy groups -OCH3 is 2. The first-order valence-corrected chi connectivity index (χ1v) is 6.41. The van der Waals surface area contributed by atoms with Crippen LogP contribution < -0.4 is 11.3 Å². The third-order valence-corrected chi connectivity index (χ3v) is 3.79. The summed E-state index contributed by atoms with van der Waals surface area (Å²) in [5.74, 6) is 6.34. The minimum atomic E-state index is -0.385. The Morgan fingerprint density at radius 1 is 1.17 bits per heavy atom. The van der Waals surface area contributed by atoms with E-state index in [1.165, 1.54) is 24.8 Å². The van der Waals surface area contributed by atoms with Crippen molar-refractivity contribution in [2.24, 2.45) is 5.84 Å². The molecule has 3 N–H and O–H groups in total. The van der Waals surface area contributed by atoms with Crippen LogP contribution in [0.2, 0.25) is 0 Å². The third kappa shape index (κ3) is 2.72. The highest BCUT2D eigenvalue weighted by Gasteiger charge is 2.23. The maximum absolute atomic E-state index is 5.58. The van der Waals surface area contributed by atoms with Gasteiger partial charge in [0.2, 0.25) is 0 Å². The standard InChI is InChI=1S/C14H22N2O2/c1-17-14(18-2)13(16-15)12-8-6-11(7-9-12)10-4-3-5-10/h6-10,13-14,16H,3-5,15H2,1-2H3. The fourth-order valence-electron chi connectivity index (χ4n) is 2.42. The van der Waals surface area contributed by atoms with E-state index in [1.807, 2.05) is 0 Å². The van der Waals surface area contributed by atoms with Crippen LogP contribution in [0.4, 0.5) is 0 Å². The molecule has 0 saturated heterocycles. The average molecular weight is 250 g/mol. The Bertz CT molecular complexity index is 359. The van der Waals surface area contributed by atoms with Crippen LogP contribution in [0.1, 0.15) is 42.3 Å². The Morgan fingerprint density at radius 3 is 2.17 bits per heavy atom. The molecule has 1 aliphatic rings. The maximum Gasteiger partial charge on any atom is 0.177 e. The zero-order valence-electron chi connectivity index (χ0n) is 11.1. The number of hydrogen-bond donors (Lipinski definition) is 2. The second-order valence-electron chi connectivity index (χ2n) is 4.78. The zero-order chi connectivity index (χ0) is 13.0. The predicted molar refractivity (Wildman–Crippen MR) is 70.9 cm³/mol. The molecule has 0 heterocycles. The van der Waals surface area contributed by atoms with Gasteiger partial charge in [-0.15, -0.1) is 0 Å². The van der Waals surface area contributed by atoms with Crippen LogP contribution in [-0.4, -0.2) is 20.5 Å². The Balaban J connectivity index is 2.10. The van der Waals surface area contributed by atoms with E-state index in [0.717, 1.165) is 11.5 Å². The lowest BCUT2D eigenvalue weighted by atomic mass is 9.80. The second kappa shape index (κ2) is 6.29. The number of rotatable bonds is 6. The lowest BCUT2D eigenvalue weighted by molar-refractivity contribution is -0.124. The van der Waals surface area contributed by atoms with Crippen LogP contribution in [0.15, 0.2) is 24.3 Å². The van der Waals surface area contributed by atoms with Crippen molar-refractivity contribution in [3.63, 3.8) is 0 Å². The van der Waals surface area contributed by atoms with Gasteiger partial charge in [0.1, 0.15) is 0 Å². The van der Waals surface area contributed by atoms with Gasteiger partial charge in [0.25, 0.3) is 0 Å². The second-order valence-corrected chi connectivity index (χ2v) is 4.78. The molecular weight excluding hydrogens is 228 g/mol. The lowest BCUT2D eigenvalue weighted by Crippen LogP contribution is -2.38. The van der Waals surface area contributed by atoms with Crippen molar-refractivity contribution in [2.45, 2.75) is 37.5 Å². The van der Waals surface area contributed by atoms with Crippen LogP contribution in [0, 0.1) is 0 Å². The Labute approximate surface area is 108 Å². The van der Waals surface area contributed by atoms with E-state index in [-0.39, 0.29) is 12.3 Å². The monoisotopic (exact) mass is 250 g/mol. The molecule has 1 aromatic rings. The fourth-order valence-corrected chi connectivity index (χ4v) is 2.42. The van der Waals surface area contributed by atoms with E-state index in [2.05, 4.69) is 29.7 Å². The van der Waals surface area contributed by atoms with Gasteiger partial charge in [-0.25, -0.2) is 5.43 Å². The van der Waals surface area contributed by atoms with E-state index in [9.17, 15) is 0 Å². The maximum atomic E-state index is 5.58. The molecule has 2 rings (SSSR count). The number of nitrogens with one attached hydrogen (secondary N) is 1. The summed E-state index contributed by atoms with van der Waals surface area (Å²) in [5, 5.41) is 0. The van der Waals surface area contributed by atoms with Gasteiger partial charge in [0, 0.05) is 14.2 Å². The summed E-state index contributed by atoms with van der Waals surface area (Å²) < 4.78 is 10.5. The van der Waals surface area contributed by atoms with E-state index < -0.39 is 0 Å². The molecule has 0 radical (unpaired) electrons. The summed E-state index contributed by atoms with van der Waals surface area (Å²) >= 11 is 0. The van der Waals surface area contributed by atoms with E-state index in [4.69, 9.17) is 15.3 Å². The molecule has 1 unspecified atom stereocenters. The number of hydrogen-bond acceptors (Lipinski definition) is 4. The highest BCUT2D eigenvalue weighted by atomic mass is 16.7. The number of nitrogens with two attached hydrogens (primary N) is 1. The zero-order valence-corrected chi connectivity index (χ0v) is 11.1. The molecule has 1 fully saturated rings. The molecule has 1 aromatic carbocycles. The summed E-state index contributed by atoms with van der Waals surface area (Å²) in [6.45, 7) is 0. The van der Waals surface area contributed by atoms with Crippen LogP contribution >= 0.6 is 0 Å². The highest BCUT2D eigenvalue weighted by molar-refractivity contribution is 5.28. The van der Waals surface area contributed by atoms with Crippen molar-refractivity contribution < 1.29 is 9.47 Å². The fraction of sp³-hybridized carbons (Fsp3) is 0.571. The number of ether oxygens (including phenoxy) is 2. The molecule has 1 aliphatic carbocycles. The van der Waals surface area contributed by atoms with Crippen molar-refractivity contribution in [3.05, 3.63) is 35.4 Å². The Morgan fingerprint density at radius 2 is 1.78 bits per heavy atom. The van der Waals surface area contributed by atoms with Crippen molar-refractivity contribution in [2.75, 3.05) is 14.2 Å². The molecule has 0 amide bonds. The van der Waals surface area contributed by atoms with Gasteiger partial charge in [-0.3, -0.25) is 5.84 Å². The van der Waals surface area contributed by atoms with Gasteiger partial charge < -0.3 is 9.47 Å². The lowest BCUT2D eigenvalue weighted by Gasteiger charge is -2.27. The van der Waals surface area contributed by atoms with E-state index >= 15 is 0 Å². The van der Waals surface area contributed by atoms with Crippen LogP contribution in [0.25, 0.3) is 0 Å². The first-order chi connectivity index (χ1) is 8.80. The van der Waals surface area contributed by atoms with E-state index in [1.54, 1.807) is 14.2 Å². The summed E-state index contributed by atoms with van der Waals surface area (Å²) in [5.41, 5.74) is 5.25. The predicted octanol–water partition coefficient (Wildman–Crippen LogP) is 2.08. The van der Waals surface area contributed by atoms with Gasteiger partial charge in [-0.2, -0.15) is 0 Å². The quantitative estimate of drug-likeness (QED) is 0.461. The van der Waals surface area contributed by atoms with Crippen LogP contribution in [-0.2, 0) is 9.47 Å². The molecule has 18 heavy (non-hydrogen) atoms. The van der Waals surface area contributed by atoms with Gasteiger partial charge in [-0.1, -0.05) is 30.7 Å². The number of hydrazine groups is 1. The van der Waals surface area contributed by atoms with Crippen molar-refractivity contribution in [1.82, 2.24) is 5.43 Å². The summed E-state index contributed by atoms with van der Waals surface area (Å²) in [6, 6.07) is 8.42. The van der Waals surface area contributed by atoms with Gasteiger partial charge in [-0.05, 0) is 29.9 Å².